The molecule has 0 radical (unpaired) electrons. The van der Waals surface area contributed by atoms with Crippen LogP contribution in [0.15, 0.2) is 47.3 Å². The SMILES string of the molecule is C[C@H](NC(=O)c1cc(-c2ccccn2)n[nH]1)c1ccsc1. The van der Waals surface area contributed by atoms with E-state index in [4.69, 9.17) is 0 Å². The molecule has 21 heavy (non-hydrogen) atoms. The summed E-state index contributed by atoms with van der Waals surface area (Å²) in [6.07, 6.45) is 1.70. The number of nitrogens with zero attached hydrogens (tertiary/aromatic N) is 2. The molecule has 3 heterocycles. The molecule has 1 atom stereocenters. The number of hydrogen-bond donors (Lipinski definition) is 2. The molecule has 0 aromatic carbocycles. The Balaban J connectivity index is 1.73. The summed E-state index contributed by atoms with van der Waals surface area (Å²) in [4.78, 5) is 16.4. The zero-order valence-electron chi connectivity index (χ0n) is 11.4. The summed E-state index contributed by atoms with van der Waals surface area (Å²) in [5.41, 5.74) is 2.91. The predicted molar refractivity (Wildman–Crippen MR) is 82.0 cm³/mol. The molecule has 0 unspecified atom stereocenters. The summed E-state index contributed by atoms with van der Waals surface area (Å²) in [6, 6.07) is 9.25. The van der Waals surface area contributed by atoms with Crippen molar-refractivity contribution in [1.82, 2.24) is 20.5 Å². The van der Waals surface area contributed by atoms with Gasteiger partial charge in [0.1, 0.15) is 11.4 Å². The maximum absolute atomic E-state index is 12.2. The maximum atomic E-state index is 12.2. The second kappa shape index (κ2) is 5.88. The van der Waals surface area contributed by atoms with Gasteiger partial charge in [-0.3, -0.25) is 14.9 Å². The minimum absolute atomic E-state index is 0.0367. The first-order valence-electron chi connectivity index (χ1n) is 6.54. The van der Waals surface area contributed by atoms with Gasteiger partial charge in [0.25, 0.3) is 5.91 Å². The first kappa shape index (κ1) is 13.5. The van der Waals surface area contributed by atoms with E-state index in [0.29, 0.717) is 11.4 Å². The number of nitrogens with one attached hydrogen (secondary N) is 2. The number of carbonyl (C=O) groups excluding carboxylic acids is 1. The Kier molecular flexibility index (Phi) is 3.79. The number of aromatic amines is 1. The van der Waals surface area contributed by atoms with Crippen LogP contribution in [-0.2, 0) is 0 Å². The number of rotatable bonds is 4. The average molecular weight is 298 g/mol. The molecule has 0 aliphatic rings. The number of carbonyl (C=O) groups is 1. The smallest absolute Gasteiger partial charge is 0.269 e. The molecule has 0 saturated carbocycles. The minimum Gasteiger partial charge on any atom is -0.344 e. The fourth-order valence-corrected chi connectivity index (χ4v) is 2.72. The zero-order chi connectivity index (χ0) is 14.7. The second-order valence-electron chi connectivity index (χ2n) is 4.63. The van der Waals surface area contributed by atoms with Crippen LogP contribution < -0.4 is 5.32 Å². The number of hydrogen-bond acceptors (Lipinski definition) is 4. The summed E-state index contributed by atoms with van der Waals surface area (Å²) in [7, 11) is 0. The van der Waals surface area contributed by atoms with Gasteiger partial charge >= 0.3 is 0 Å². The van der Waals surface area contributed by atoms with Crippen molar-refractivity contribution in [1.29, 1.82) is 0 Å². The van der Waals surface area contributed by atoms with Gasteiger partial charge < -0.3 is 5.32 Å². The third-order valence-electron chi connectivity index (χ3n) is 3.14. The van der Waals surface area contributed by atoms with E-state index in [-0.39, 0.29) is 11.9 Å². The predicted octanol–water partition coefficient (Wildman–Crippen LogP) is 3.02. The molecule has 106 valence electrons. The monoisotopic (exact) mass is 298 g/mol. The number of aromatic nitrogens is 3. The van der Waals surface area contributed by atoms with E-state index in [0.717, 1.165) is 11.3 Å². The number of thiophene rings is 1. The highest BCUT2D eigenvalue weighted by Crippen LogP contribution is 2.17. The number of pyridine rings is 1. The first-order chi connectivity index (χ1) is 10.2. The molecule has 3 rings (SSSR count). The van der Waals surface area contributed by atoms with Crippen LogP contribution in [0.4, 0.5) is 0 Å². The third kappa shape index (κ3) is 3.00. The normalized spacial score (nSPS) is 12.0. The highest BCUT2D eigenvalue weighted by Gasteiger charge is 2.15. The molecular weight excluding hydrogens is 284 g/mol. The van der Waals surface area contributed by atoms with Crippen LogP contribution in [0.1, 0.15) is 29.0 Å². The molecule has 0 bridgehead atoms. The Morgan fingerprint density at radius 3 is 2.95 bits per heavy atom. The Labute approximate surface area is 126 Å². The van der Waals surface area contributed by atoms with E-state index in [9.17, 15) is 4.79 Å². The fourth-order valence-electron chi connectivity index (χ4n) is 1.96. The van der Waals surface area contributed by atoms with Gasteiger partial charge in [-0.2, -0.15) is 16.4 Å². The van der Waals surface area contributed by atoms with Crippen LogP contribution >= 0.6 is 11.3 Å². The summed E-state index contributed by atoms with van der Waals surface area (Å²) in [5, 5.41) is 13.8. The van der Waals surface area contributed by atoms with Gasteiger partial charge in [-0.1, -0.05) is 6.07 Å². The van der Waals surface area contributed by atoms with Gasteiger partial charge in [0.15, 0.2) is 0 Å². The van der Waals surface area contributed by atoms with Crippen molar-refractivity contribution < 1.29 is 4.79 Å². The van der Waals surface area contributed by atoms with E-state index in [1.165, 1.54) is 0 Å². The van der Waals surface area contributed by atoms with Crippen LogP contribution in [0.5, 0.6) is 0 Å². The highest BCUT2D eigenvalue weighted by atomic mass is 32.1. The van der Waals surface area contributed by atoms with Crippen molar-refractivity contribution in [3.63, 3.8) is 0 Å². The highest BCUT2D eigenvalue weighted by molar-refractivity contribution is 7.07. The van der Waals surface area contributed by atoms with Gasteiger partial charge in [-0.05, 0) is 47.5 Å². The molecule has 2 N–H and O–H groups in total. The molecule has 5 nitrogen and oxygen atoms in total. The third-order valence-corrected chi connectivity index (χ3v) is 3.84. The average Bonchev–Trinajstić information content (AvgIpc) is 3.20. The molecule has 0 saturated heterocycles. The van der Waals surface area contributed by atoms with Gasteiger partial charge in [-0.25, -0.2) is 0 Å². The lowest BCUT2D eigenvalue weighted by atomic mass is 10.2. The standard InChI is InChI=1S/C15H14N4OS/c1-10(11-5-7-21-9-11)17-15(20)14-8-13(18-19-14)12-4-2-3-6-16-12/h2-10H,1H3,(H,17,20)(H,18,19)/t10-/m0/s1. The van der Waals surface area contributed by atoms with Gasteiger partial charge in [0, 0.05) is 6.20 Å². The summed E-state index contributed by atoms with van der Waals surface area (Å²) < 4.78 is 0. The van der Waals surface area contributed by atoms with Crippen LogP contribution in [0.2, 0.25) is 0 Å². The Hall–Kier alpha value is -2.47. The maximum Gasteiger partial charge on any atom is 0.269 e. The van der Waals surface area contributed by atoms with Crippen molar-refractivity contribution in [2.24, 2.45) is 0 Å². The molecule has 6 heteroatoms. The molecule has 0 spiro atoms. The van der Waals surface area contributed by atoms with Gasteiger partial charge in [0.2, 0.25) is 0 Å². The van der Waals surface area contributed by atoms with E-state index >= 15 is 0 Å². The number of amides is 1. The Bertz CT molecular complexity index is 721. The molecular formula is C15H14N4OS. The molecule has 3 aromatic heterocycles. The lowest BCUT2D eigenvalue weighted by molar-refractivity contribution is 0.0935. The minimum atomic E-state index is -0.177. The van der Waals surface area contributed by atoms with Crippen molar-refractivity contribution in [2.75, 3.05) is 0 Å². The molecule has 0 aliphatic carbocycles. The number of H-pyrrole nitrogens is 1. The first-order valence-corrected chi connectivity index (χ1v) is 7.48. The fraction of sp³-hybridized carbons (Fsp3) is 0.133. The second-order valence-corrected chi connectivity index (χ2v) is 5.41. The van der Waals surface area contributed by atoms with Crippen LogP contribution in [0.3, 0.4) is 0 Å². The zero-order valence-corrected chi connectivity index (χ0v) is 12.2. The molecule has 1 amide bonds. The van der Waals surface area contributed by atoms with E-state index < -0.39 is 0 Å². The van der Waals surface area contributed by atoms with Crippen molar-refractivity contribution in [3.8, 4) is 11.4 Å². The van der Waals surface area contributed by atoms with Gasteiger partial charge in [-0.15, -0.1) is 0 Å². The van der Waals surface area contributed by atoms with Crippen molar-refractivity contribution in [3.05, 3.63) is 58.5 Å². The lowest BCUT2D eigenvalue weighted by Crippen LogP contribution is -2.26. The van der Waals surface area contributed by atoms with Crippen LogP contribution in [0, 0.1) is 0 Å². The molecule has 3 aromatic rings. The van der Waals surface area contributed by atoms with E-state index in [1.54, 1.807) is 23.6 Å². The van der Waals surface area contributed by atoms with E-state index in [1.807, 2.05) is 41.9 Å². The van der Waals surface area contributed by atoms with Crippen molar-refractivity contribution >= 4 is 17.2 Å². The van der Waals surface area contributed by atoms with E-state index in [2.05, 4.69) is 20.5 Å². The van der Waals surface area contributed by atoms with Crippen LogP contribution in [0.25, 0.3) is 11.4 Å². The Morgan fingerprint density at radius 2 is 2.24 bits per heavy atom. The molecule has 0 fully saturated rings. The largest absolute Gasteiger partial charge is 0.344 e. The van der Waals surface area contributed by atoms with Gasteiger partial charge in [0.05, 0.1) is 11.7 Å². The quantitative estimate of drug-likeness (QED) is 0.777. The van der Waals surface area contributed by atoms with Crippen molar-refractivity contribution in [2.45, 2.75) is 13.0 Å². The summed E-state index contributed by atoms with van der Waals surface area (Å²) in [6.45, 7) is 1.95. The topological polar surface area (TPSA) is 70.7 Å². The van der Waals surface area contributed by atoms with Crippen LogP contribution in [-0.4, -0.2) is 21.1 Å². The molecule has 0 aliphatic heterocycles. The summed E-state index contributed by atoms with van der Waals surface area (Å²) >= 11 is 1.61. The summed E-state index contributed by atoms with van der Waals surface area (Å²) in [5.74, 6) is -0.177. The Morgan fingerprint density at radius 1 is 1.33 bits per heavy atom. The lowest BCUT2D eigenvalue weighted by Gasteiger charge is -2.11.